The Kier molecular flexibility index (Phi) is 7.36. The SMILES string of the molecule is CCCCN(C(=O)COc1cccc([N+](=O)[O-])c1)C(C)CC. The number of rotatable bonds is 9. The molecule has 0 radical (unpaired) electrons. The van der Waals surface area contributed by atoms with Crippen molar-refractivity contribution in [3.63, 3.8) is 0 Å². The Morgan fingerprint density at radius 3 is 2.73 bits per heavy atom. The molecule has 1 atom stereocenters. The molecule has 0 saturated carbocycles. The summed E-state index contributed by atoms with van der Waals surface area (Å²) in [7, 11) is 0. The van der Waals surface area contributed by atoms with Gasteiger partial charge < -0.3 is 9.64 Å². The minimum Gasteiger partial charge on any atom is -0.484 e. The highest BCUT2D eigenvalue weighted by Crippen LogP contribution is 2.19. The fourth-order valence-corrected chi connectivity index (χ4v) is 2.05. The van der Waals surface area contributed by atoms with E-state index in [2.05, 4.69) is 6.92 Å². The van der Waals surface area contributed by atoms with E-state index < -0.39 is 4.92 Å². The lowest BCUT2D eigenvalue weighted by Gasteiger charge is -2.28. The number of nitro groups is 1. The van der Waals surface area contributed by atoms with E-state index in [4.69, 9.17) is 4.74 Å². The summed E-state index contributed by atoms with van der Waals surface area (Å²) in [5, 5.41) is 10.7. The number of hydrogen-bond donors (Lipinski definition) is 0. The van der Waals surface area contributed by atoms with Gasteiger partial charge in [0.2, 0.25) is 0 Å². The number of unbranched alkanes of at least 4 members (excludes halogenated alkanes) is 1. The lowest BCUT2D eigenvalue weighted by Crippen LogP contribution is -2.41. The molecule has 0 bridgehead atoms. The number of non-ortho nitro benzene ring substituents is 1. The van der Waals surface area contributed by atoms with Gasteiger partial charge in [-0.25, -0.2) is 0 Å². The smallest absolute Gasteiger partial charge is 0.273 e. The molecule has 22 heavy (non-hydrogen) atoms. The predicted octanol–water partition coefficient (Wildman–Crippen LogP) is 3.40. The summed E-state index contributed by atoms with van der Waals surface area (Å²) in [5.41, 5.74) is -0.0466. The maximum atomic E-state index is 12.3. The molecule has 1 rings (SSSR count). The Bertz CT molecular complexity index is 505. The third-order valence-corrected chi connectivity index (χ3v) is 3.59. The van der Waals surface area contributed by atoms with Crippen LogP contribution in [0.4, 0.5) is 5.69 Å². The van der Waals surface area contributed by atoms with Crippen molar-refractivity contribution in [2.45, 2.75) is 46.1 Å². The Morgan fingerprint density at radius 2 is 2.14 bits per heavy atom. The molecule has 0 spiro atoms. The summed E-state index contributed by atoms with van der Waals surface area (Å²) in [6.45, 7) is 6.75. The van der Waals surface area contributed by atoms with Gasteiger partial charge >= 0.3 is 0 Å². The van der Waals surface area contributed by atoms with Crippen molar-refractivity contribution >= 4 is 11.6 Å². The van der Waals surface area contributed by atoms with Crippen LogP contribution in [-0.4, -0.2) is 34.9 Å². The van der Waals surface area contributed by atoms with Gasteiger partial charge in [0.05, 0.1) is 11.0 Å². The molecular formula is C16H24N2O4. The second-order valence-corrected chi connectivity index (χ2v) is 5.24. The van der Waals surface area contributed by atoms with E-state index in [9.17, 15) is 14.9 Å². The van der Waals surface area contributed by atoms with Gasteiger partial charge in [-0.15, -0.1) is 0 Å². The van der Waals surface area contributed by atoms with Gasteiger partial charge in [0.1, 0.15) is 5.75 Å². The van der Waals surface area contributed by atoms with Crippen molar-refractivity contribution in [1.82, 2.24) is 4.90 Å². The van der Waals surface area contributed by atoms with E-state index in [0.717, 1.165) is 19.3 Å². The summed E-state index contributed by atoms with van der Waals surface area (Å²) in [6, 6.07) is 6.03. The van der Waals surface area contributed by atoms with Crippen LogP contribution in [0.1, 0.15) is 40.0 Å². The van der Waals surface area contributed by atoms with Crippen LogP contribution in [0.5, 0.6) is 5.75 Å². The number of nitrogens with zero attached hydrogens (tertiary/aromatic N) is 2. The van der Waals surface area contributed by atoms with Crippen LogP contribution >= 0.6 is 0 Å². The highest BCUT2D eigenvalue weighted by atomic mass is 16.6. The summed E-state index contributed by atoms with van der Waals surface area (Å²) >= 11 is 0. The molecular weight excluding hydrogens is 284 g/mol. The normalized spacial score (nSPS) is 11.8. The topological polar surface area (TPSA) is 72.7 Å². The number of benzene rings is 1. The molecule has 0 aliphatic carbocycles. The molecule has 6 heteroatoms. The van der Waals surface area contributed by atoms with Crippen LogP contribution in [0.3, 0.4) is 0 Å². The summed E-state index contributed by atoms with van der Waals surface area (Å²) < 4.78 is 5.42. The molecule has 1 unspecified atom stereocenters. The van der Waals surface area contributed by atoms with Crippen molar-refractivity contribution in [3.8, 4) is 5.75 Å². The van der Waals surface area contributed by atoms with E-state index in [0.29, 0.717) is 12.3 Å². The van der Waals surface area contributed by atoms with Crippen molar-refractivity contribution in [3.05, 3.63) is 34.4 Å². The molecule has 0 fully saturated rings. The average Bonchev–Trinajstić information content (AvgIpc) is 2.53. The van der Waals surface area contributed by atoms with Gasteiger partial charge in [0.25, 0.3) is 11.6 Å². The maximum absolute atomic E-state index is 12.3. The van der Waals surface area contributed by atoms with E-state index in [1.165, 1.54) is 12.1 Å². The fourth-order valence-electron chi connectivity index (χ4n) is 2.05. The third kappa shape index (κ3) is 5.35. The summed E-state index contributed by atoms with van der Waals surface area (Å²) in [6.07, 6.45) is 2.85. The van der Waals surface area contributed by atoms with Crippen molar-refractivity contribution in [2.75, 3.05) is 13.2 Å². The minimum atomic E-state index is -0.485. The number of hydrogen-bond acceptors (Lipinski definition) is 4. The molecule has 1 amide bonds. The molecule has 122 valence electrons. The van der Waals surface area contributed by atoms with Crippen molar-refractivity contribution < 1.29 is 14.5 Å². The molecule has 1 aromatic carbocycles. The van der Waals surface area contributed by atoms with Crippen LogP contribution in [-0.2, 0) is 4.79 Å². The van der Waals surface area contributed by atoms with Gasteiger partial charge in [-0.3, -0.25) is 14.9 Å². The molecule has 0 N–H and O–H groups in total. The van der Waals surface area contributed by atoms with Gasteiger partial charge in [-0.2, -0.15) is 0 Å². The summed E-state index contributed by atoms with van der Waals surface area (Å²) in [4.78, 5) is 24.4. The quantitative estimate of drug-likeness (QED) is 0.517. The molecule has 0 aromatic heterocycles. The van der Waals surface area contributed by atoms with E-state index in [-0.39, 0.29) is 24.2 Å². The van der Waals surface area contributed by atoms with Gasteiger partial charge in [-0.1, -0.05) is 26.3 Å². The monoisotopic (exact) mass is 308 g/mol. The highest BCUT2D eigenvalue weighted by molar-refractivity contribution is 5.78. The van der Waals surface area contributed by atoms with Crippen molar-refractivity contribution in [1.29, 1.82) is 0 Å². The number of carbonyl (C=O) groups is 1. The number of amides is 1. The first-order chi connectivity index (χ1) is 10.5. The molecule has 6 nitrogen and oxygen atoms in total. The lowest BCUT2D eigenvalue weighted by molar-refractivity contribution is -0.384. The molecule has 0 heterocycles. The minimum absolute atomic E-state index is 0.0466. The largest absolute Gasteiger partial charge is 0.484 e. The number of carbonyl (C=O) groups excluding carboxylic acids is 1. The van der Waals surface area contributed by atoms with E-state index in [1.54, 1.807) is 12.1 Å². The van der Waals surface area contributed by atoms with E-state index >= 15 is 0 Å². The standard InChI is InChI=1S/C16H24N2O4/c1-4-6-10-17(13(3)5-2)16(19)12-22-15-9-7-8-14(11-15)18(20)21/h7-9,11,13H,4-6,10,12H2,1-3H3. The first-order valence-electron chi connectivity index (χ1n) is 7.66. The van der Waals surface area contributed by atoms with Gasteiger partial charge in [0.15, 0.2) is 6.61 Å². The highest BCUT2D eigenvalue weighted by Gasteiger charge is 2.19. The first kappa shape index (κ1) is 17.9. The summed E-state index contributed by atoms with van der Waals surface area (Å²) in [5.74, 6) is 0.247. The maximum Gasteiger partial charge on any atom is 0.273 e. The van der Waals surface area contributed by atoms with Crippen LogP contribution in [0.15, 0.2) is 24.3 Å². The molecule has 0 aliphatic rings. The van der Waals surface area contributed by atoms with Crippen LogP contribution in [0, 0.1) is 10.1 Å². The number of nitro benzene ring substituents is 1. The Labute approximate surface area is 131 Å². The number of ether oxygens (including phenoxy) is 1. The molecule has 0 aliphatic heterocycles. The van der Waals surface area contributed by atoms with Crippen LogP contribution in [0.25, 0.3) is 0 Å². The Balaban J connectivity index is 2.65. The third-order valence-electron chi connectivity index (χ3n) is 3.59. The molecule has 0 saturated heterocycles. The Morgan fingerprint density at radius 1 is 1.41 bits per heavy atom. The van der Waals surface area contributed by atoms with Gasteiger partial charge in [0, 0.05) is 18.7 Å². The second-order valence-electron chi connectivity index (χ2n) is 5.24. The average molecular weight is 308 g/mol. The zero-order valence-corrected chi connectivity index (χ0v) is 13.4. The van der Waals surface area contributed by atoms with Gasteiger partial charge in [-0.05, 0) is 25.8 Å². The second kappa shape index (κ2) is 9.02. The van der Waals surface area contributed by atoms with E-state index in [1.807, 2.05) is 18.7 Å². The van der Waals surface area contributed by atoms with Crippen molar-refractivity contribution in [2.24, 2.45) is 0 Å². The fraction of sp³-hybridized carbons (Fsp3) is 0.562. The zero-order chi connectivity index (χ0) is 16.5. The predicted molar refractivity (Wildman–Crippen MR) is 85.0 cm³/mol. The van der Waals surface area contributed by atoms with Crippen LogP contribution in [0.2, 0.25) is 0 Å². The lowest BCUT2D eigenvalue weighted by atomic mass is 10.2. The Hall–Kier alpha value is -2.11. The zero-order valence-electron chi connectivity index (χ0n) is 13.4. The van der Waals surface area contributed by atoms with Crippen LogP contribution < -0.4 is 4.74 Å². The first-order valence-corrected chi connectivity index (χ1v) is 7.66. The molecule has 1 aromatic rings.